The minimum Gasteiger partial charge on any atom is -0.306 e. The number of hydrogen-bond donors (Lipinski definition) is 0. The van der Waals surface area contributed by atoms with Crippen LogP contribution in [0.2, 0.25) is 0 Å². The van der Waals surface area contributed by atoms with Gasteiger partial charge >= 0.3 is 0 Å². The molecule has 0 saturated carbocycles. The lowest BCUT2D eigenvalue weighted by Crippen LogP contribution is -2.37. The number of carbonyl (C=O) groups is 1. The van der Waals surface area contributed by atoms with Crippen molar-refractivity contribution in [2.45, 2.75) is 20.8 Å². The van der Waals surface area contributed by atoms with E-state index in [1.165, 1.54) is 0 Å². The molecule has 16 heavy (non-hydrogen) atoms. The average molecular weight is 219 g/mol. The fourth-order valence-electron chi connectivity index (χ4n) is 1.84. The van der Waals surface area contributed by atoms with Gasteiger partial charge in [0.25, 0.3) is 0 Å². The monoisotopic (exact) mass is 219 g/mol. The zero-order chi connectivity index (χ0) is 12.2. The summed E-state index contributed by atoms with van der Waals surface area (Å²) in [7, 11) is 2.04. The Balaban J connectivity index is 2.80. The van der Waals surface area contributed by atoms with E-state index in [9.17, 15) is 4.79 Å². The predicted octanol–water partition coefficient (Wildman–Crippen LogP) is 2.85. The lowest BCUT2D eigenvalue weighted by molar-refractivity contribution is 0.0787. The van der Waals surface area contributed by atoms with Gasteiger partial charge in [0.15, 0.2) is 5.78 Å². The molecule has 0 bridgehead atoms. The second kappa shape index (κ2) is 5.26. The summed E-state index contributed by atoms with van der Waals surface area (Å²) in [4.78, 5) is 14.5. The fraction of sp³-hybridized carbons (Fsp3) is 0.500. The summed E-state index contributed by atoms with van der Waals surface area (Å²) >= 11 is 0. The first-order valence-corrected chi connectivity index (χ1v) is 5.76. The van der Waals surface area contributed by atoms with Crippen LogP contribution in [0.15, 0.2) is 30.3 Å². The number of nitrogens with zero attached hydrogens (tertiary/aromatic N) is 1. The van der Waals surface area contributed by atoms with E-state index in [4.69, 9.17) is 0 Å². The van der Waals surface area contributed by atoms with Gasteiger partial charge < -0.3 is 4.90 Å². The lowest BCUT2D eigenvalue weighted by atomic mass is 9.84. The Morgan fingerprint density at radius 2 is 1.81 bits per heavy atom. The Hall–Kier alpha value is -1.15. The number of rotatable bonds is 5. The maximum atomic E-state index is 12.3. The van der Waals surface area contributed by atoms with E-state index in [-0.39, 0.29) is 11.2 Å². The first-order chi connectivity index (χ1) is 7.47. The van der Waals surface area contributed by atoms with E-state index >= 15 is 0 Å². The van der Waals surface area contributed by atoms with Gasteiger partial charge in [0.05, 0.1) is 0 Å². The molecule has 1 rings (SSSR count). The number of carbonyl (C=O) groups excluding carboxylic acids is 1. The van der Waals surface area contributed by atoms with Crippen molar-refractivity contribution in [1.82, 2.24) is 4.90 Å². The third-order valence-corrected chi connectivity index (χ3v) is 2.86. The maximum Gasteiger partial charge on any atom is 0.169 e. The normalized spacial score (nSPS) is 11.8. The van der Waals surface area contributed by atoms with E-state index < -0.39 is 0 Å². The van der Waals surface area contributed by atoms with Gasteiger partial charge in [0.1, 0.15) is 0 Å². The molecule has 0 atom stereocenters. The first-order valence-electron chi connectivity index (χ1n) is 5.76. The molecule has 1 aromatic rings. The van der Waals surface area contributed by atoms with Crippen molar-refractivity contribution < 1.29 is 4.79 Å². The van der Waals surface area contributed by atoms with Crippen molar-refractivity contribution in [3.05, 3.63) is 35.9 Å². The highest BCUT2D eigenvalue weighted by molar-refractivity contribution is 6.00. The number of ketones is 1. The number of hydrogen-bond acceptors (Lipinski definition) is 2. The summed E-state index contributed by atoms with van der Waals surface area (Å²) in [5, 5.41) is 0. The van der Waals surface area contributed by atoms with Crippen LogP contribution in [0.25, 0.3) is 0 Å². The van der Waals surface area contributed by atoms with E-state index in [2.05, 4.69) is 11.8 Å². The van der Waals surface area contributed by atoms with Crippen molar-refractivity contribution in [2.75, 3.05) is 20.1 Å². The Labute approximate surface area is 98.3 Å². The molecule has 0 aromatic heterocycles. The molecular formula is C14H21NO. The van der Waals surface area contributed by atoms with Gasteiger partial charge in [-0.3, -0.25) is 4.79 Å². The summed E-state index contributed by atoms with van der Waals surface area (Å²) < 4.78 is 0. The second-order valence-electron chi connectivity index (χ2n) is 4.91. The van der Waals surface area contributed by atoms with Crippen LogP contribution >= 0.6 is 0 Å². The summed E-state index contributed by atoms with van der Waals surface area (Å²) in [5.41, 5.74) is 0.476. The van der Waals surface area contributed by atoms with Crippen molar-refractivity contribution >= 4 is 5.78 Å². The SMILES string of the molecule is CCN(C)CC(C)(C)C(=O)c1ccccc1. The largest absolute Gasteiger partial charge is 0.306 e. The van der Waals surface area contributed by atoms with Crippen LogP contribution < -0.4 is 0 Å². The molecule has 0 radical (unpaired) electrons. The zero-order valence-electron chi connectivity index (χ0n) is 10.7. The molecule has 1 aromatic carbocycles. The summed E-state index contributed by atoms with van der Waals surface area (Å²) in [6.07, 6.45) is 0. The second-order valence-corrected chi connectivity index (χ2v) is 4.91. The highest BCUT2D eigenvalue weighted by Gasteiger charge is 2.29. The van der Waals surface area contributed by atoms with Crippen molar-refractivity contribution in [3.8, 4) is 0 Å². The highest BCUT2D eigenvalue weighted by atomic mass is 16.1. The summed E-state index contributed by atoms with van der Waals surface area (Å²) in [6.45, 7) is 7.87. The molecule has 88 valence electrons. The van der Waals surface area contributed by atoms with Crippen LogP contribution in [-0.4, -0.2) is 30.8 Å². The topological polar surface area (TPSA) is 20.3 Å². The van der Waals surface area contributed by atoms with E-state index in [1.807, 2.05) is 51.2 Å². The summed E-state index contributed by atoms with van der Waals surface area (Å²) in [6, 6.07) is 9.52. The van der Waals surface area contributed by atoms with Gasteiger partial charge in [0, 0.05) is 17.5 Å². The van der Waals surface area contributed by atoms with Crippen LogP contribution in [0.5, 0.6) is 0 Å². The average Bonchev–Trinajstić information content (AvgIpc) is 2.28. The molecule has 0 spiro atoms. The quantitative estimate of drug-likeness (QED) is 0.710. The van der Waals surface area contributed by atoms with Crippen molar-refractivity contribution in [1.29, 1.82) is 0 Å². The van der Waals surface area contributed by atoms with Gasteiger partial charge in [-0.15, -0.1) is 0 Å². The smallest absolute Gasteiger partial charge is 0.169 e. The Morgan fingerprint density at radius 3 is 2.31 bits per heavy atom. The third-order valence-electron chi connectivity index (χ3n) is 2.86. The van der Waals surface area contributed by atoms with E-state index in [0.29, 0.717) is 0 Å². The van der Waals surface area contributed by atoms with Gasteiger partial charge in [-0.05, 0) is 13.6 Å². The molecule has 0 aliphatic rings. The molecule has 0 amide bonds. The van der Waals surface area contributed by atoms with Crippen molar-refractivity contribution in [3.63, 3.8) is 0 Å². The molecule has 0 heterocycles. The van der Waals surface area contributed by atoms with Crippen LogP contribution in [0, 0.1) is 5.41 Å². The van der Waals surface area contributed by atoms with E-state index in [0.717, 1.165) is 18.7 Å². The van der Waals surface area contributed by atoms with Gasteiger partial charge in [-0.2, -0.15) is 0 Å². The standard InChI is InChI=1S/C14H21NO/c1-5-15(4)11-14(2,3)13(16)12-9-7-6-8-10-12/h6-10H,5,11H2,1-4H3. The molecule has 0 unspecified atom stereocenters. The first kappa shape index (κ1) is 12.9. The molecular weight excluding hydrogens is 198 g/mol. The Kier molecular flexibility index (Phi) is 4.25. The van der Waals surface area contributed by atoms with Gasteiger partial charge in [0.2, 0.25) is 0 Å². The van der Waals surface area contributed by atoms with Gasteiger partial charge in [-0.25, -0.2) is 0 Å². The minimum absolute atomic E-state index is 0.216. The highest BCUT2D eigenvalue weighted by Crippen LogP contribution is 2.22. The molecule has 2 heteroatoms. The summed E-state index contributed by atoms with van der Waals surface area (Å²) in [5.74, 6) is 0.216. The number of benzene rings is 1. The Morgan fingerprint density at radius 1 is 1.25 bits per heavy atom. The third kappa shape index (κ3) is 3.17. The van der Waals surface area contributed by atoms with Crippen LogP contribution in [0.1, 0.15) is 31.1 Å². The minimum atomic E-state index is -0.327. The molecule has 0 saturated heterocycles. The molecule has 0 fully saturated rings. The van der Waals surface area contributed by atoms with Crippen molar-refractivity contribution in [2.24, 2.45) is 5.41 Å². The van der Waals surface area contributed by atoms with Gasteiger partial charge in [-0.1, -0.05) is 51.1 Å². The Bertz CT molecular complexity index is 343. The molecule has 0 aliphatic carbocycles. The lowest BCUT2D eigenvalue weighted by Gasteiger charge is -2.28. The maximum absolute atomic E-state index is 12.3. The molecule has 2 nitrogen and oxygen atoms in total. The number of Topliss-reactive ketones (excluding diaryl/α,β-unsaturated/α-hetero) is 1. The van der Waals surface area contributed by atoms with Crippen LogP contribution in [0.4, 0.5) is 0 Å². The van der Waals surface area contributed by atoms with Crippen LogP contribution in [0.3, 0.4) is 0 Å². The zero-order valence-corrected chi connectivity index (χ0v) is 10.7. The fourth-order valence-corrected chi connectivity index (χ4v) is 1.84. The molecule has 0 N–H and O–H groups in total. The van der Waals surface area contributed by atoms with E-state index in [1.54, 1.807) is 0 Å². The molecule has 0 aliphatic heterocycles. The predicted molar refractivity (Wildman–Crippen MR) is 67.7 cm³/mol. The van der Waals surface area contributed by atoms with Crippen LogP contribution in [-0.2, 0) is 0 Å².